The minimum Gasteiger partial charge on any atom is -0.462 e. The van der Waals surface area contributed by atoms with E-state index in [9.17, 15) is 14.4 Å². The topological polar surface area (TPSA) is 84.5 Å². The van der Waals surface area contributed by atoms with E-state index in [1.807, 2.05) is 13.8 Å². The Morgan fingerprint density at radius 1 is 1.12 bits per heavy atom. The van der Waals surface area contributed by atoms with Gasteiger partial charge in [-0.25, -0.2) is 4.79 Å². The fraction of sp³-hybridized carbons (Fsp3) is 0.500. The number of anilines is 1. The van der Waals surface area contributed by atoms with E-state index in [1.165, 1.54) is 0 Å². The van der Waals surface area contributed by atoms with Crippen LogP contribution in [0.5, 0.6) is 0 Å². The van der Waals surface area contributed by atoms with Crippen LogP contribution >= 0.6 is 0 Å². The highest BCUT2D eigenvalue weighted by Gasteiger charge is 2.47. The molecule has 1 aliphatic rings. The number of esters is 1. The third-order valence-electron chi connectivity index (χ3n) is 3.81. The summed E-state index contributed by atoms with van der Waals surface area (Å²) in [6.45, 7) is 6.74. The molecule has 0 aliphatic heterocycles. The van der Waals surface area contributed by atoms with Crippen LogP contribution in [0.25, 0.3) is 0 Å². The van der Waals surface area contributed by atoms with Gasteiger partial charge in [0.05, 0.1) is 24.0 Å². The van der Waals surface area contributed by atoms with Crippen LogP contribution in [0.3, 0.4) is 0 Å². The number of ether oxygens (including phenoxy) is 1. The van der Waals surface area contributed by atoms with Crippen molar-refractivity contribution in [3.63, 3.8) is 0 Å². The van der Waals surface area contributed by atoms with Crippen LogP contribution in [0.4, 0.5) is 5.69 Å². The molecule has 1 saturated carbocycles. The van der Waals surface area contributed by atoms with Gasteiger partial charge in [0.15, 0.2) is 0 Å². The number of carbonyl (C=O) groups is 3. The maximum Gasteiger partial charge on any atom is 0.338 e. The number of nitrogens with one attached hydrogen (secondary N) is 2. The van der Waals surface area contributed by atoms with E-state index in [0.29, 0.717) is 36.7 Å². The first-order valence-electron chi connectivity index (χ1n) is 8.28. The smallest absolute Gasteiger partial charge is 0.338 e. The van der Waals surface area contributed by atoms with Crippen LogP contribution in [0.1, 0.15) is 37.6 Å². The fourth-order valence-corrected chi connectivity index (χ4v) is 2.35. The molecule has 6 heteroatoms. The Hall–Kier alpha value is -2.37. The third-order valence-corrected chi connectivity index (χ3v) is 3.81. The second-order valence-electron chi connectivity index (χ2n) is 6.37. The van der Waals surface area contributed by atoms with Gasteiger partial charge < -0.3 is 15.4 Å². The summed E-state index contributed by atoms with van der Waals surface area (Å²) in [6, 6.07) is 6.52. The Labute approximate surface area is 142 Å². The number of rotatable bonds is 7. The van der Waals surface area contributed by atoms with Crippen molar-refractivity contribution in [2.24, 2.45) is 17.8 Å². The summed E-state index contributed by atoms with van der Waals surface area (Å²) in [4.78, 5) is 35.7. The number of carbonyl (C=O) groups excluding carboxylic acids is 3. The van der Waals surface area contributed by atoms with Crippen molar-refractivity contribution < 1.29 is 19.1 Å². The monoisotopic (exact) mass is 332 g/mol. The van der Waals surface area contributed by atoms with Gasteiger partial charge in [-0.05, 0) is 43.5 Å². The number of amides is 2. The van der Waals surface area contributed by atoms with E-state index in [-0.39, 0.29) is 29.6 Å². The van der Waals surface area contributed by atoms with Crippen LogP contribution in [0.15, 0.2) is 24.3 Å². The summed E-state index contributed by atoms with van der Waals surface area (Å²) in [5.41, 5.74) is 1.04. The Morgan fingerprint density at radius 2 is 1.75 bits per heavy atom. The quantitative estimate of drug-likeness (QED) is 0.750. The molecule has 2 N–H and O–H groups in total. The van der Waals surface area contributed by atoms with E-state index in [0.717, 1.165) is 0 Å². The average Bonchev–Trinajstić information content (AvgIpc) is 3.34. The van der Waals surface area contributed by atoms with Gasteiger partial charge in [0.1, 0.15) is 0 Å². The lowest BCUT2D eigenvalue weighted by molar-refractivity contribution is -0.125. The molecule has 2 amide bonds. The summed E-state index contributed by atoms with van der Waals surface area (Å²) in [5.74, 6) is -0.730. The van der Waals surface area contributed by atoms with Crippen molar-refractivity contribution in [3.8, 4) is 0 Å². The molecule has 0 bridgehead atoms. The highest BCUT2D eigenvalue weighted by molar-refractivity contribution is 5.99. The highest BCUT2D eigenvalue weighted by Crippen LogP contribution is 2.39. The first-order valence-corrected chi connectivity index (χ1v) is 8.28. The molecule has 130 valence electrons. The van der Waals surface area contributed by atoms with Gasteiger partial charge in [0.25, 0.3) is 0 Å². The maximum atomic E-state index is 12.2. The Morgan fingerprint density at radius 3 is 2.33 bits per heavy atom. The molecule has 0 radical (unpaired) electrons. The van der Waals surface area contributed by atoms with Crippen LogP contribution in [0.2, 0.25) is 0 Å². The molecule has 0 saturated heterocycles. The van der Waals surface area contributed by atoms with Gasteiger partial charge in [-0.15, -0.1) is 0 Å². The van der Waals surface area contributed by atoms with Gasteiger partial charge in [0, 0.05) is 12.2 Å². The lowest BCUT2D eigenvalue weighted by atomic mass is 10.2. The summed E-state index contributed by atoms with van der Waals surface area (Å²) in [6.07, 6.45) is 0.580. The molecule has 0 aromatic heterocycles. The van der Waals surface area contributed by atoms with Gasteiger partial charge in [-0.1, -0.05) is 13.8 Å². The zero-order valence-electron chi connectivity index (χ0n) is 14.3. The zero-order valence-corrected chi connectivity index (χ0v) is 14.3. The van der Waals surface area contributed by atoms with E-state index >= 15 is 0 Å². The van der Waals surface area contributed by atoms with Crippen molar-refractivity contribution in [1.29, 1.82) is 0 Å². The minimum absolute atomic E-state index is 0.0542. The van der Waals surface area contributed by atoms with Crippen molar-refractivity contribution in [3.05, 3.63) is 29.8 Å². The third kappa shape index (κ3) is 4.81. The van der Waals surface area contributed by atoms with Crippen LogP contribution in [-0.4, -0.2) is 30.9 Å². The van der Waals surface area contributed by atoms with E-state index in [2.05, 4.69) is 10.6 Å². The Balaban J connectivity index is 1.83. The standard InChI is InChI=1S/C18H24N2O4/c1-4-24-18(23)12-5-7-13(8-6-12)20-17(22)15-9-14(15)16(21)19-10-11(2)3/h5-8,11,14-15H,4,9-10H2,1-3H3,(H,19,21)(H,20,22). The van der Waals surface area contributed by atoms with Crippen LogP contribution in [0, 0.1) is 17.8 Å². The molecule has 1 fully saturated rings. The normalized spacial score (nSPS) is 18.8. The largest absolute Gasteiger partial charge is 0.462 e. The Kier molecular flexibility index (Phi) is 5.95. The molecule has 1 aromatic carbocycles. The van der Waals surface area contributed by atoms with Gasteiger partial charge in [-0.3, -0.25) is 9.59 Å². The first-order chi connectivity index (χ1) is 11.4. The molecule has 2 rings (SSSR count). The lowest BCUT2D eigenvalue weighted by Gasteiger charge is -2.08. The lowest BCUT2D eigenvalue weighted by Crippen LogP contribution is -2.30. The molecule has 1 aliphatic carbocycles. The molecule has 6 nitrogen and oxygen atoms in total. The van der Waals surface area contributed by atoms with Crippen molar-refractivity contribution in [2.75, 3.05) is 18.5 Å². The number of benzene rings is 1. The summed E-state index contributed by atoms with van der Waals surface area (Å²) >= 11 is 0. The summed E-state index contributed by atoms with van der Waals surface area (Å²) in [5, 5.41) is 5.63. The molecule has 2 atom stereocenters. The molecule has 2 unspecified atom stereocenters. The molecular formula is C18H24N2O4. The predicted molar refractivity (Wildman–Crippen MR) is 90.5 cm³/mol. The van der Waals surface area contributed by atoms with Crippen molar-refractivity contribution >= 4 is 23.5 Å². The van der Waals surface area contributed by atoms with E-state index in [1.54, 1.807) is 31.2 Å². The molecule has 0 heterocycles. The van der Waals surface area contributed by atoms with Gasteiger partial charge in [0.2, 0.25) is 11.8 Å². The second kappa shape index (κ2) is 7.95. The summed E-state index contributed by atoms with van der Waals surface area (Å²) in [7, 11) is 0. The van der Waals surface area contributed by atoms with Gasteiger partial charge in [-0.2, -0.15) is 0 Å². The fourth-order valence-electron chi connectivity index (χ4n) is 2.35. The molecule has 24 heavy (non-hydrogen) atoms. The summed E-state index contributed by atoms with van der Waals surface area (Å²) < 4.78 is 4.91. The Bertz CT molecular complexity index is 610. The molecule has 1 aromatic rings. The van der Waals surface area contributed by atoms with Crippen molar-refractivity contribution in [2.45, 2.75) is 27.2 Å². The van der Waals surface area contributed by atoms with E-state index < -0.39 is 0 Å². The molecular weight excluding hydrogens is 308 g/mol. The first kappa shape index (κ1) is 18.0. The SMILES string of the molecule is CCOC(=O)c1ccc(NC(=O)C2CC2C(=O)NCC(C)C)cc1. The average molecular weight is 332 g/mol. The van der Waals surface area contributed by atoms with Crippen LogP contribution in [-0.2, 0) is 14.3 Å². The van der Waals surface area contributed by atoms with Crippen LogP contribution < -0.4 is 10.6 Å². The number of hydrogen-bond acceptors (Lipinski definition) is 4. The molecule has 0 spiro atoms. The second-order valence-corrected chi connectivity index (χ2v) is 6.37. The zero-order chi connectivity index (χ0) is 17.7. The van der Waals surface area contributed by atoms with Gasteiger partial charge >= 0.3 is 5.97 Å². The van der Waals surface area contributed by atoms with E-state index in [4.69, 9.17) is 4.74 Å². The predicted octanol–water partition coefficient (Wildman–Crippen LogP) is 2.21. The maximum absolute atomic E-state index is 12.2. The highest BCUT2D eigenvalue weighted by atomic mass is 16.5. The minimum atomic E-state index is -0.389. The number of hydrogen-bond donors (Lipinski definition) is 2. The van der Waals surface area contributed by atoms with Crippen molar-refractivity contribution in [1.82, 2.24) is 5.32 Å².